The lowest BCUT2D eigenvalue weighted by Crippen LogP contribution is -2.12. The van der Waals surface area contributed by atoms with Gasteiger partial charge in [-0.25, -0.2) is 4.98 Å². The highest BCUT2D eigenvalue weighted by molar-refractivity contribution is 7.19. The third kappa shape index (κ3) is 2.46. The Bertz CT molecular complexity index is 924. The summed E-state index contributed by atoms with van der Waals surface area (Å²) in [5.41, 5.74) is 2.90. The maximum Gasteiger partial charge on any atom is 0.260 e. The summed E-state index contributed by atoms with van der Waals surface area (Å²) < 4.78 is 0. The highest BCUT2D eigenvalue weighted by atomic mass is 35.5. The van der Waals surface area contributed by atoms with Crippen LogP contribution in [0, 0.1) is 13.8 Å². The summed E-state index contributed by atoms with van der Waals surface area (Å²) in [6, 6.07) is 5.85. The first-order chi connectivity index (χ1) is 10.4. The van der Waals surface area contributed by atoms with Crippen LogP contribution in [0.15, 0.2) is 23.0 Å². The number of halogens is 1. The van der Waals surface area contributed by atoms with E-state index in [1.807, 2.05) is 45.9 Å². The molecule has 0 bridgehead atoms. The van der Waals surface area contributed by atoms with Gasteiger partial charge in [0.1, 0.15) is 10.7 Å². The van der Waals surface area contributed by atoms with Gasteiger partial charge in [-0.1, -0.05) is 31.5 Å². The molecule has 2 heterocycles. The van der Waals surface area contributed by atoms with Gasteiger partial charge < -0.3 is 4.98 Å². The summed E-state index contributed by atoms with van der Waals surface area (Å²) in [7, 11) is 0. The summed E-state index contributed by atoms with van der Waals surface area (Å²) in [4.78, 5) is 22.0. The van der Waals surface area contributed by atoms with Crippen LogP contribution in [-0.2, 0) is 0 Å². The Labute approximate surface area is 138 Å². The number of fused-ring (bicyclic) bond motifs is 1. The first-order valence-electron chi connectivity index (χ1n) is 7.18. The molecule has 0 unspecified atom stereocenters. The number of nitrogens with zero attached hydrogens (tertiary/aromatic N) is 1. The summed E-state index contributed by atoms with van der Waals surface area (Å²) in [5, 5.41) is 1.41. The molecule has 22 heavy (non-hydrogen) atoms. The lowest BCUT2D eigenvalue weighted by molar-refractivity contribution is 0.778. The van der Waals surface area contributed by atoms with Gasteiger partial charge in [-0.15, -0.1) is 11.3 Å². The van der Waals surface area contributed by atoms with Gasteiger partial charge in [0.2, 0.25) is 0 Å². The fraction of sp³-hybridized carbons (Fsp3) is 0.294. The summed E-state index contributed by atoms with van der Waals surface area (Å²) >= 11 is 7.67. The zero-order chi connectivity index (χ0) is 16.0. The Morgan fingerprint density at radius 2 is 2.00 bits per heavy atom. The molecule has 0 fully saturated rings. The van der Waals surface area contributed by atoms with Crippen molar-refractivity contribution >= 4 is 33.2 Å². The van der Waals surface area contributed by atoms with Crippen molar-refractivity contribution in [3.63, 3.8) is 0 Å². The van der Waals surface area contributed by atoms with Crippen LogP contribution in [0.2, 0.25) is 5.02 Å². The number of hydrogen-bond donors (Lipinski definition) is 1. The van der Waals surface area contributed by atoms with Gasteiger partial charge in [0.15, 0.2) is 0 Å². The van der Waals surface area contributed by atoms with Crippen LogP contribution in [0.3, 0.4) is 0 Å². The van der Waals surface area contributed by atoms with Crippen molar-refractivity contribution in [1.82, 2.24) is 9.97 Å². The average Bonchev–Trinajstić information content (AvgIpc) is 2.78. The molecule has 0 aliphatic carbocycles. The van der Waals surface area contributed by atoms with Gasteiger partial charge in [0.05, 0.1) is 5.39 Å². The Morgan fingerprint density at radius 3 is 2.64 bits per heavy atom. The fourth-order valence-corrected chi connectivity index (χ4v) is 3.73. The molecule has 3 rings (SSSR count). The molecule has 0 amide bonds. The molecule has 3 nitrogen and oxygen atoms in total. The van der Waals surface area contributed by atoms with Crippen molar-refractivity contribution in [1.29, 1.82) is 0 Å². The van der Waals surface area contributed by atoms with Crippen molar-refractivity contribution in [2.24, 2.45) is 0 Å². The number of rotatable bonds is 2. The number of aryl methyl sites for hydroxylation is 2. The van der Waals surface area contributed by atoms with Crippen LogP contribution in [0.5, 0.6) is 0 Å². The van der Waals surface area contributed by atoms with Gasteiger partial charge in [0.25, 0.3) is 5.56 Å². The minimum atomic E-state index is -0.0688. The summed E-state index contributed by atoms with van der Waals surface area (Å²) in [6.45, 7) is 8.04. The number of hydrogen-bond acceptors (Lipinski definition) is 3. The highest BCUT2D eigenvalue weighted by Gasteiger charge is 2.17. The molecule has 0 aliphatic rings. The predicted molar refractivity (Wildman–Crippen MR) is 94.2 cm³/mol. The molecule has 1 aromatic carbocycles. The molecule has 0 atom stereocenters. The van der Waals surface area contributed by atoms with Crippen LogP contribution < -0.4 is 5.56 Å². The normalized spacial score (nSPS) is 11.5. The second kappa shape index (κ2) is 5.52. The van der Waals surface area contributed by atoms with E-state index in [0.717, 1.165) is 37.2 Å². The fourth-order valence-electron chi connectivity index (χ4n) is 2.56. The second-order valence-electron chi connectivity index (χ2n) is 5.78. The minimum Gasteiger partial charge on any atom is -0.310 e. The Balaban J connectivity index is 2.32. The van der Waals surface area contributed by atoms with E-state index in [-0.39, 0.29) is 11.5 Å². The molecule has 3 aromatic rings. The van der Waals surface area contributed by atoms with Crippen LogP contribution in [0.25, 0.3) is 21.3 Å². The first-order valence-corrected chi connectivity index (χ1v) is 8.37. The number of thiophene rings is 1. The van der Waals surface area contributed by atoms with Crippen LogP contribution in [0.4, 0.5) is 0 Å². The second-order valence-corrected chi connectivity index (χ2v) is 7.39. The van der Waals surface area contributed by atoms with Gasteiger partial charge >= 0.3 is 0 Å². The van der Waals surface area contributed by atoms with E-state index in [4.69, 9.17) is 11.6 Å². The lowest BCUT2D eigenvalue weighted by Gasteiger charge is -2.06. The molecule has 2 aromatic heterocycles. The van der Waals surface area contributed by atoms with Crippen molar-refractivity contribution in [3.05, 3.63) is 49.8 Å². The minimum absolute atomic E-state index is 0.0688. The standard InChI is InChI=1S/C17H17ClN2OS/c1-8(2)15-19-16(21)14-13(10(4)22-17(14)20-15)11-5-6-12(18)9(3)7-11/h5-8H,1-4H3,(H,19,20,21). The first kappa shape index (κ1) is 15.3. The summed E-state index contributed by atoms with van der Waals surface area (Å²) in [6.07, 6.45) is 0. The maximum atomic E-state index is 12.5. The molecule has 1 N–H and O–H groups in total. The largest absolute Gasteiger partial charge is 0.310 e. The molecule has 0 saturated heterocycles. The van der Waals surface area contributed by atoms with E-state index in [1.165, 1.54) is 0 Å². The molecular weight excluding hydrogens is 316 g/mol. The van der Waals surface area contributed by atoms with Crippen LogP contribution in [-0.4, -0.2) is 9.97 Å². The monoisotopic (exact) mass is 332 g/mol. The number of nitrogens with one attached hydrogen (secondary N) is 1. The predicted octanol–water partition coefficient (Wildman–Crippen LogP) is 5.05. The van der Waals surface area contributed by atoms with Crippen molar-refractivity contribution < 1.29 is 0 Å². The molecule has 0 aliphatic heterocycles. The van der Waals surface area contributed by atoms with Gasteiger partial charge in [-0.2, -0.15) is 0 Å². The molecular formula is C17H17ClN2OS. The van der Waals surface area contributed by atoms with E-state index in [2.05, 4.69) is 9.97 Å². The van der Waals surface area contributed by atoms with Crippen LogP contribution >= 0.6 is 22.9 Å². The van der Waals surface area contributed by atoms with Gasteiger partial charge in [0, 0.05) is 21.4 Å². The quantitative estimate of drug-likeness (QED) is 0.714. The smallest absolute Gasteiger partial charge is 0.260 e. The SMILES string of the molecule is Cc1cc(-c2c(C)sc3nc(C(C)C)[nH]c(=O)c23)ccc1Cl. The molecule has 0 saturated carbocycles. The van der Waals surface area contributed by atoms with Gasteiger partial charge in [-0.05, 0) is 37.1 Å². The van der Waals surface area contributed by atoms with Crippen molar-refractivity contribution in [2.75, 3.05) is 0 Å². The lowest BCUT2D eigenvalue weighted by atomic mass is 10.0. The van der Waals surface area contributed by atoms with E-state index in [0.29, 0.717) is 5.39 Å². The Kier molecular flexibility index (Phi) is 3.83. The zero-order valence-electron chi connectivity index (χ0n) is 13.0. The van der Waals surface area contributed by atoms with E-state index >= 15 is 0 Å². The third-order valence-electron chi connectivity index (χ3n) is 3.75. The van der Waals surface area contributed by atoms with Crippen molar-refractivity contribution in [2.45, 2.75) is 33.6 Å². The number of aromatic nitrogens is 2. The highest BCUT2D eigenvalue weighted by Crippen LogP contribution is 2.37. The average molecular weight is 333 g/mol. The molecule has 5 heteroatoms. The maximum absolute atomic E-state index is 12.5. The number of H-pyrrole nitrogens is 1. The molecule has 0 spiro atoms. The van der Waals surface area contributed by atoms with E-state index in [1.54, 1.807) is 11.3 Å². The molecule has 114 valence electrons. The zero-order valence-corrected chi connectivity index (χ0v) is 14.5. The number of benzene rings is 1. The van der Waals surface area contributed by atoms with E-state index in [9.17, 15) is 4.79 Å². The van der Waals surface area contributed by atoms with Crippen LogP contribution in [0.1, 0.15) is 36.0 Å². The van der Waals surface area contributed by atoms with Gasteiger partial charge in [-0.3, -0.25) is 4.79 Å². The summed E-state index contributed by atoms with van der Waals surface area (Å²) in [5.74, 6) is 0.929. The Hall–Kier alpha value is -1.65. The third-order valence-corrected chi connectivity index (χ3v) is 5.17. The topological polar surface area (TPSA) is 45.8 Å². The number of aromatic amines is 1. The molecule has 0 radical (unpaired) electrons. The van der Waals surface area contributed by atoms with Crippen molar-refractivity contribution in [3.8, 4) is 11.1 Å². The Morgan fingerprint density at radius 1 is 1.27 bits per heavy atom. The van der Waals surface area contributed by atoms with E-state index < -0.39 is 0 Å².